The van der Waals surface area contributed by atoms with E-state index in [9.17, 15) is 9.18 Å². The molecule has 2 N–H and O–H groups in total. The number of carboxylic acid groups (broad SMARTS) is 1. The van der Waals surface area contributed by atoms with Crippen molar-refractivity contribution >= 4 is 17.6 Å². The molecule has 0 heterocycles. The number of hydrogen-bond acceptors (Lipinski definition) is 2. The zero-order chi connectivity index (χ0) is 17.9. The SMILES string of the molecule is O=C(O)c1cccc(CNCC2(c3ccc(F)cc3Cl)CCCC2)c1. The quantitative estimate of drug-likeness (QED) is 0.778. The van der Waals surface area contributed by atoms with Crippen LogP contribution in [0, 0.1) is 5.82 Å². The lowest BCUT2D eigenvalue weighted by Gasteiger charge is -2.31. The molecule has 3 rings (SSSR count). The first kappa shape index (κ1) is 17.9. The third-order valence-corrected chi connectivity index (χ3v) is 5.34. The van der Waals surface area contributed by atoms with Crippen LogP contribution < -0.4 is 5.32 Å². The Kier molecular flexibility index (Phi) is 5.40. The molecule has 1 aliphatic rings. The van der Waals surface area contributed by atoms with Gasteiger partial charge in [-0.15, -0.1) is 0 Å². The largest absolute Gasteiger partial charge is 0.478 e. The number of carboxylic acids is 1. The van der Waals surface area contributed by atoms with Crippen LogP contribution in [0.2, 0.25) is 5.02 Å². The summed E-state index contributed by atoms with van der Waals surface area (Å²) >= 11 is 6.32. The molecule has 132 valence electrons. The predicted octanol–water partition coefficient (Wildman–Crippen LogP) is 4.78. The maximum absolute atomic E-state index is 13.4. The molecule has 0 radical (unpaired) electrons. The van der Waals surface area contributed by atoms with Crippen molar-refractivity contribution in [1.82, 2.24) is 5.32 Å². The van der Waals surface area contributed by atoms with Gasteiger partial charge in [0.15, 0.2) is 0 Å². The average molecular weight is 362 g/mol. The molecule has 0 amide bonds. The first-order valence-corrected chi connectivity index (χ1v) is 8.86. The minimum atomic E-state index is -0.924. The second kappa shape index (κ2) is 7.54. The summed E-state index contributed by atoms with van der Waals surface area (Å²) < 4.78 is 13.4. The fourth-order valence-corrected chi connectivity index (χ4v) is 4.14. The molecule has 1 saturated carbocycles. The Morgan fingerprint density at radius 1 is 1.20 bits per heavy atom. The van der Waals surface area contributed by atoms with Gasteiger partial charge < -0.3 is 10.4 Å². The van der Waals surface area contributed by atoms with Gasteiger partial charge in [-0.25, -0.2) is 9.18 Å². The molecule has 0 saturated heterocycles. The lowest BCUT2D eigenvalue weighted by molar-refractivity contribution is 0.0696. The van der Waals surface area contributed by atoms with Gasteiger partial charge >= 0.3 is 5.97 Å². The lowest BCUT2D eigenvalue weighted by Crippen LogP contribution is -2.36. The number of aromatic carboxylic acids is 1. The number of rotatable bonds is 6. The Morgan fingerprint density at radius 3 is 2.64 bits per heavy atom. The summed E-state index contributed by atoms with van der Waals surface area (Å²) in [5.41, 5.74) is 2.13. The van der Waals surface area contributed by atoms with Crippen molar-refractivity contribution in [3.63, 3.8) is 0 Å². The smallest absolute Gasteiger partial charge is 0.335 e. The number of halogens is 2. The van der Waals surface area contributed by atoms with Crippen molar-refractivity contribution in [3.05, 3.63) is 70.0 Å². The number of carbonyl (C=O) groups is 1. The lowest BCUT2D eigenvalue weighted by atomic mass is 9.78. The highest BCUT2D eigenvalue weighted by atomic mass is 35.5. The Labute approximate surface area is 151 Å². The van der Waals surface area contributed by atoms with Gasteiger partial charge in [-0.2, -0.15) is 0 Å². The van der Waals surface area contributed by atoms with Gasteiger partial charge in [-0.1, -0.05) is 42.6 Å². The van der Waals surface area contributed by atoms with Crippen LogP contribution in [0.25, 0.3) is 0 Å². The van der Waals surface area contributed by atoms with E-state index in [-0.39, 0.29) is 16.8 Å². The van der Waals surface area contributed by atoms with E-state index in [1.165, 1.54) is 12.1 Å². The fourth-order valence-electron chi connectivity index (χ4n) is 3.77. The van der Waals surface area contributed by atoms with Crippen LogP contribution in [0.3, 0.4) is 0 Å². The normalized spacial score (nSPS) is 16.1. The third kappa shape index (κ3) is 4.02. The van der Waals surface area contributed by atoms with Gasteiger partial charge in [-0.3, -0.25) is 0 Å². The second-order valence-electron chi connectivity index (χ2n) is 6.72. The second-order valence-corrected chi connectivity index (χ2v) is 7.13. The van der Waals surface area contributed by atoms with E-state index in [0.717, 1.165) is 43.4 Å². The van der Waals surface area contributed by atoms with Crippen molar-refractivity contribution in [3.8, 4) is 0 Å². The topological polar surface area (TPSA) is 49.3 Å². The van der Waals surface area contributed by atoms with E-state index >= 15 is 0 Å². The fraction of sp³-hybridized carbons (Fsp3) is 0.350. The molecule has 0 bridgehead atoms. The van der Waals surface area contributed by atoms with Gasteiger partial charge in [0.25, 0.3) is 0 Å². The molecule has 2 aromatic carbocycles. The average Bonchev–Trinajstić information content (AvgIpc) is 3.04. The van der Waals surface area contributed by atoms with Gasteiger partial charge in [0.2, 0.25) is 0 Å². The van der Waals surface area contributed by atoms with E-state index < -0.39 is 5.97 Å². The van der Waals surface area contributed by atoms with Gasteiger partial charge in [-0.05, 0) is 48.2 Å². The number of nitrogens with one attached hydrogen (secondary N) is 1. The van der Waals surface area contributed by atoms with Crippen LogP contribution in [0.4, 0.5) is 4.39 Å². The van der Waals surface area contributed by atoms with E-state index in [1.54, 1.807) is 24.3 Å². The zero-order valence-corrected chi connectivity index (χ0v) is 14.7. The Balaban J connectivity index is 1.73. The monoisotopic (exact) mass is 361 g/mol. The van der Waals surface area contributed by atoms with Crippen molar-refractivity contribution in [2.24, 2.45) is 0 Å². The molecule has 0 spiro atoms. The molecule has 0 aliphatic heterocycles. The minimum Gasteiger partial charge on any atom is -0.478 e. The molecule has 1 aliphatic carbocycles. The first-order chi connectivity index (χ1) is 12.0. The molecule has 25 heavy (non-hydrogen) atoms. The highest BCUT2D eigenvalue weighted by Gasteiger charge is 2.36. The molecule has 2 aromatic rings. The molecule has 3 nitrogen and oxygen atoms in total. The molecular formula is C20H21ClFNO2. The Morgan fingerprint density at radius 2 is 1.96 bits per heavy atom. The van der Waals surface area contributed by atoms with Crippen molar-refractivity contribution in [2.45, 2.75) is 37.6 Å². The summed E-state index contributed by atoms with van der Waals surface area (Å²) in [6, 6.07) is 11.6. The van der Waals surface area contributed by atoms with Gasteiger partial charge in [0.1, 0.15) is 5.82 Å². The molecule has 5 heteroatoms. The summed E-state index contributed by atoms with van der Waals surface area (Å²) in [6.45, 7) is 1.32. The van der Waals surface area contributed by atoms with E-state index in [4.69, 9.17) is 16.7 Å². The van der Waals surface area contributed by atoms with E-state index in [0.29, 0.717) is 11.6 Å². The third-order valence-electron chi connectivity index (χ3n) is 5.03. The Bertz CT molecular complexity index is 772. The predicted molar refractivity (Wildman–Crippen MR) is 96.7 cm³/mol. The van der Waals surface area contributed by atoms with Crippen LogP contribution in [0.1, 0.15) is 47.2 Å². The highest BCUT2D eigenvalue weighted by molar-refractivity contribution is 6.31. The van der Waals surface area contributed by atoms with Crippen LogP contribution in [-0.2, 0) is 12.0 Å². The molecule has 0 aromatic heterocycles. The maximum Gasteiger partial charge on any atom is 0.335 e. The molecular weight excluding hydrogens is 341 g/mol. The van der Waals surface area contributed by atoms with Gasteiger partial charge in [0.05, 0.1) is 5.56 Å². The highest BCUT2D eigenvalue weighted by Crippen LogP contribution is 2.43. The molecule has 1 fully saturated rings. The van der Waals surface area contributed by atoms with Crippen molar-refractivity contribution in [2.75, 3.05) is 6.54 Å². The van der Waals surface area contributed by atoms with Gasteiger partial charge in [0, 0.05) is 23.5 Å². The summed E-state index contributed by atoms with van der Waals surface area (Å²) in [5.74, 6) is -1.24. The number of benzene rings is 2. The van der Waals surface area contributed by atoms with E-state index in [1.807, 2.05) is 6.07 Å². The summed E-state index contributed by atoms with van der Waals surface area (Å²) in [5, 5.41) is 13.0. The minimum absolute atomic E-state index is 0.0881. The molecule has 0 unspecified atom stereocenters. The number of hydrogen-bond donors (Lipinski definition) is 2. The zero-order valence-electron chi connectivity index (χ0n) is 13.9. The summed E-state index contributed by atoms with van der Waals surface area (Å²) in [7, 11) is 0. The maximum atomic E-state index is 13.4. The molecule has 0 atom stereocenters. The van der Waals surface area contributed by atoms with Crippen molar-refractivity contribution in [1.29, 1.82) is 0 Å². The summed E-state index contributed by atoms with van der Waals surface area (Å²) in [6.07, 6.45) is 4.29. The van der Waals surface area contributed by atoms with E-state index in [2.05, 4.69) is 5.32 Å². The van der Waals surface area contributed by atoms with Crippen molar-refractivity contribution < 1.29 is 14.3 Å². The Hall–Kier alpha value is -1.91. The standard InChI is InChI=1S/C20H21ClFNO2/c21-18-11-16(22)6-7-17(18)20(8-1-2-9-20)13-23-12-14-4-3-5-15(10-14)19(24)25/h3-7,10-11,23H,1-2,8-9,12-13H2,(H,24,25). The summed E-state index contributed by atoms with van der Waals surface area (Å²) in [4.78, 5) is 11.1. The van der Waals surface area contributed by atoms with Crippen LogP contribution in [-0.4, -0.2) is 17.6 Å². The van der Waals surface area contributed by atoms with Crippen LogP contribution >= 0.6 is 11.6 Å². The van der Waals surface area contributed by atoms with Crippen LogP contribution in [0.15, 0.2) is 42.5 Å². The first-order valence-electron chi connectivity index (χ1n) is 8.49. The van der Waals surface area contributed by atoms with Crippen LogP contribution in [0.5, 0.6) is 0 Å².